The highest BCUT2D eigenvalue weighted by atomic mass is 16.6. The largest absolute Gasteiger partial charge is 0.461 e. The number of Topliss-reactive ketones (excluding diaryl/α,β-unsaturated/α-hetero) is 8. The minimum Gasteiger partial charge on any atom is -0.461 e. The molecule has 10 rings (SSSR count). The molecule has 108 heavy (non-hydrogen) atoms. The van der Waals surface area contributed by atoms with Gasteiger partial charge in [0, 0.05) is 100 Å². The van der Waals surface area contributed by atoms with Crippen LogP contribution in [0.15, 0.2) is 81.4 Å². The van der Waals surface area contributed by atoms with Gasteiger partial charge in [-0.1, -0.05) is 84.9 Å². The van der Waals surface area contributed by atoms with Crippen LogP contribution in [-0.2, 0) is 66.9 Å². The van der Waals surface area contributed by atoms with Crippen molar-refractivity contribution in [3.63, 3.8) is 0 Å². The van der Waals surface area contributed by atoms with Gasteiger partial charge in [-0.05, 0) is 142 Å². The van der Waals surface area contributed by atoms with Crippen molar-refractivity contribution in [3.05, 3.63) is 91.4 Å². The number of piperidine rings is 4. The molecule has 0 aromatic heterocycles. The van der Waals surface area contributed by atoms with E-state index in [1.54, 1.807) is 38.1 Å². The summed E-state index contributed by atoms with van der Waals surface area (Å²) in [5.41, 5.74) is -5.27. The van der Waals surface area contributed by atoms with Gasteiger partial charge in [0.15, 0.2) is 28.4 Å². The number of aliphatic hydroxyl groups excluding tert-OH is 2. The second-order valence-electron chi connectivity index (χ2n) is 33.3. The summed E-state index contributed by atoms with van der Waals surface area (Å²) in [6.07, 6.45) is 14.0. The molecule has 8 heterocycles. The number of ether oxygens (including phenoxy) is 4. The van der Waals surface area contributed by atoms with E-state index in [9.17, 15) is 77.8 Å². The fraction of sp³-hybridized carbons (Fsp3) is 0.725. The number of benzene rings is 2. The molecular formula is C80H118N8O20+2. The topological polar surface area (TPSA) is 372 Å². The average molecular weight is 1510 g/mol. The Balaban J connectivity index is 0.000000203. The third-order valence-electron chi connectivity index (χ3n) is 24.9. The van der Waals surface area contributed by atoms with Gasteiger partial charge in [0.2, 0.25) is 34.2 Å². The van der Waals surface area contributed by atoms with Crippen molar-refractivity contribution in [3.8, 4) is 0 Å². The summed E-state index contributed by atoms with van der Waals surface area (Å²) < 4.78 is 23.9. The first kappa shape index (κ1) is 88.0. The molecule has 0 radical (unpaired) electrons. The third-order valence-corrected chi connectivity index (χ3v) is 24.9. The predicted molar refractivity (Wildman–Crippen MR) is 401 cm³/mol. The normalized spacial score (nSPS) is 29.3. The Morgan fingerprint density at radius 3 is 1.07 bits per heavy atom. The Labute approximate surface area is 634 Å². The standard InChI is InChI=1S/C24H33N2O6.C23H31N2O6.C17H28N2O4.C16H26N2O4/c1-4-21(28)24(2,25-31)22(29)14-26(3)17-10-11-18(26)13-19(12-17)32-23(30)20(15-27)16-8-6-5-7-9-16;1-23(2,24-30)21(28)20(27)13-25(3)16-9-10-17(25)12-18(11-16)31-22(29)19(14-26)15-7-5-4-6-8-15;1-5-15(20)17(4,18-22)16(21)10-23-14-8-12-6-7-13(9-14)19(12)11(2)3;1-10(2)18-11-5-6-12(18)8-13(7-11)22-9-14(19)15(20)16(3,4)17-21/h5-9,17-20,27H,4,10-15H2,1-3H3;4-8,16-19,26H,9-14H2,1-3H3;11-14H,5-10H2,1-4H3;10-13H,5-9H2,1-4H3/q2*+1;;. The van der Waals surface area contributed by atoms with Crippen LogP contribution in [0.25, 0.3) is 0 Å². The number of nitroso groups, excluding NO2 is 4. The maximum atomic E-state index is 13.0. The third kappa shape index (κ3) is 20.1. The van der Waals surface area contributed by atoms with Crippen LogP contribution in [0.3, 0.4) is 0 Å². The number of aliphatic hydroxyl groups is 2. The molecule has 2 aromatic rings. The van der Waals surface area contributed by atoms with E-state index in [1.165, 1.54) is 67.2 Å². The lowest BCUT2D eigenvalue weighted by molar-refractivity contribution is -0.942. The predicted octanol–water partition coefficient (Wildman–Crippen LogP) is 9.22. The van der Waals surface area contributed by atoms with Gasteiger partial charge in [-0.25, -0.2) is 0 Å². The Morgan fingerprint density at radius 1 is 0.435 bits per heavy atom. The molecule has 8 fully saturated rings. The summed E-state index contributed by atoms with van der Waals surface area (Å²) >= 11 is 0. The first-order chi connectivity index (χ1) is 50.9. The van der Waals surface area contributed by atoms with Crippen LogP contribution in [0.1, 0.15) is 222 Å². The van der Waals surface area contributed by atoms with Crippen LogP contribution < -0.4 is 0 Å². The molecular weight excluding hydrogens is 1390 g/mol. The van der Waals surface area contributed by atoms with Crippen molar-refractivity contribution in [1.29, 1.82) is 0 Å². The molecule has 0 aliphatic carbocycles. The van der Waals surface area contributed by atoms with Gasteiger partial charge in [0.25, 0.3) is 5.78 Å². The van der Waals surface area contributed by atoms with Crippen LogP contribution >= 0.6 is 0 Å². The van der Waals surface area contributed by atoms with E-state index >= 15 is 0 Å². The van der Waals surface area contributed by atoms with Gasteiger partial charge >= 0.3 is 11.9 Å². The number of hydrogen-bond donors (Lipinski definition) is 2. The maximum Gasteiger partial charge on any atom is 0.316 e. The van der Waals surface area contributed by atoms with Gasteiger partial charge in [0.1, 0.15) is 50.3 Å². The van der Waals surface area contributed by atoms with E-state index in [0.717, 1.165) is 51.4 Å². The second kappa shape index (κ2) is 37.7. The van der Waals surface area contributed by atoms with Crippen LogP contribution in [0.2, 0.25) is 0 Å². The highest BCUT2D eigenvalue weighted by Crippen LogP contribution is 2.46. The zero-order valence-electron chi connectivity index (χ0n) is 65.8. The Morgan fingerprint density at radius 2 is 0.759 bits per heavy atom. The lowest BCUT2D eigenvalue weighted by atomic mass is 9.88. The number of rotatable bonds is 34. The van der Waals surface area contributed by atoms with Gasteiger partial charge in [0.05, 0.1) is 63.7 Å². The number of hydrogen-bond acceptors (Lipinski definition) is 26. The number of esters is 2. The van der Waals surface area contributed by atoms with E-state index < -0.39 is 92.2 Å². The van der Waals surface area contributed by atoms with Crippen molar-refractivity contribution in [2.24, 2.45) is 20.7 Å². The highest BCUT2D eigenvalue weighted by Gasteiger charge is 2.58. The van der Waals surface area contributed by atoms with Gasteiger partial charge in [-0.3, -0.25) is 57.7 Å². The second-order valence-corrected chi connectivity index (χ2v) is 33.3. The van der Waals surface area contributed by atoms with Gasteiger partial charge < -0.3 is 38.1 Å². The maximum absolute atomic E-state index is 13.0. The molecule has 596 valence electrons. The van der Waals surface area contributed by atoms with Crippen molar-refractivity contribution < 1.29 is 86.1 Å². The molecule has 8 saturated heterocycles. The van der Waals surface area contributed by atoms with Crippen molar-refractivity contribution in [2.75, 3.05) is 53.6 Å². The number of likely N-dealkylation sites (N-methyl/N-ethyl adjacent to an activating group) is 2. The molecule has 0 spiro atoms. The molecule has 12 unspecified atom stereocenters. The van der Waals surface area contributed by atoms with Crippen molar-refractivity contribution in [2.45, 2.75) is 317 Å². The number of quaternary nitrogens is 2. The number of carbonyl (C=O) groups is 10. The van der Waals surface area contributed by atoms with Crippen molar-refractivity contribution in [1.82, 2.24) is 9.80 Å². The Bertz CT molecular complexity index is 3500. The van der Waals surface area contributed by atoms with Crippen LogP contribution in [0, 0.1) is 19.6 Å². The summed E-state index contributed by atoms with van der Waals surface area (Å²) in [6, 6.07) is 21.6. The van der Waals surface area contributed by atoms with E-state index in [-0.39, 0.29) is 101 Å². The Kier molecular flexibility index (Phi) is 30.7. The van der Waals surface area contributed by atoms with E-state index in [2.05, 4.69) is 58.2 Å². The quantitative estimate of drug-likeness (QED) is 0.0217. The lowest BCUT2D eigenvalue weighted by Crippen LogP contribution is -2.63. The molecule has 2 N–H and O–H groups in total. The minimum atomic E-state index is -1.84. The lowest BCUT2D eigenvalue weighted by Gasteiger charge is -2.47. The molecule has 8 bridgehead atoms. The monoisotopic (exact) mass is 1510 g/mol. The molecule has 12 atom stereocenters. The molecule has 2 aromatic carbocycles. The summed E-state index contributed by atoms with van der Waals surface area (Å²) in [4.78, 5) is 172. The molecule has 0 saturated carbocycles. The van der Waals surface area contributed by atoms with E-state index in [0.29, 0.717) is 82.0 Å². The summed E-state index contributed by atoms with van der Waals surface area (Å²) in [6.45, 7) is 19.1. The molecule has 28 nitrogen and oxygen atoms in total. The van der Waals surface area contributed by atoms with E-state index in [4.69, 9.17) is 18.9 Å². The average Bonchev–Trinajstić information content (AvgIpc) is 1.58. The van der Waals surface area contributed by atoms with E-state index in [1.807, 2.05) is 50.5 Å². The van der Waals surface area contributed by atoms with Gasteiger partial charge in [-0.2, -0.15) is 0 Å². The zero-order valence-corrected chi connectivity index (χ0v) is 65.8. The molecule has 8 aliphatic heterocycles. The highest BCUT2D eigenvalue weighted by molar-refractivity contribution is 6.41. The summed E-state index contributed by atoms with van der Waals surface area (Å²) in [5.74, 6) is -7.00. The molecule has 8 aliphatic rings. The van der Waals surface area contributed by atoms with Crippen LogP contribution in [-0.4, -0.2) is 248 Å². The van der Waals surface area contributed by atoms with Crippen LogP contribution in [0.4, 0.5) is 0 Å². The van der Waals surface area contributed by atoms with Crippen molar-refractivity contribution >= 4 is 58.2 Å². The smallest absolute Gasteiger partial charge is 0.316 e. The number of nitrogens with zero attached hydrogens (tertiary/aromatic N) is 8. The SMILES string of the molecule is CC(C)(N=O)C(=O)C(=O)C[N+]1(C)C2CCC1CC(OC(=O)C(CO)c1ccccc1)C2.CC(C)N1C2CCC1CC(OCC(=O)C(=O)C(C)(C)N=O)C2.CCC(=O)C(C)(N=O)C(=O)COC1CC2CCC(C1)N2C(C)C.CCC(=O)C(C)(N=O)C(=O)C[N+]1(C)C2CCC1CC(OC(=O)C(CO)c1ccccc1)C2. The number of ketones is 8. The Hall–Kier alpha value is -7.18. The molecule has 28 heteroatoms. The fourth-order valence-electron chi connectivity index (χ4n) is 18.3. The first-order valence-electron chi connectivity index (χ1n) is 38.8. The first-order valence-corrected chi connectivity index (χ1v) is 38.8. The zero-order chi connectivity index (χ0) is 80.0. The number of fused-ring (bicyclic) bond motifs is 8. The minimum absolute atomic E-state index is 0.0246. The molecule has 0 amide bonds. The number of carbonyl (C=O) groups excluding carboxylic acids is 10. The van der Waals surface area contributed by atoms with Crippen LogP contribution in [0.5, 0.6) is 0 Å². The van der Waals surface area contributed by atoms with Gasteiger partial charge in [-0.15, -0.1) is 19.6 Å². The summed E-state index contributed by atoms with van der Waals surface area (Å²) in [5, 5.41) is 30.7. The summed E-state index contributed by atoms with van der Waals surface area (Å²) in [7, 11) is 3.95. The fourth-order valence-corrected chi connectivity index (χ4v) is 18.3.